The fourth-order valence-electron chi connectivity index (χ4n) is 4.81. The molecule has 8 nitrogen and oxygen atoms in total. The highest BCUT2D eigenvalue weighted by Gasteiger charge is 2.48. The lowest BCUT2D eigenvalue weighted by Crippen LogP contribution is -2.37. The molecule has 0 spiro atoms. The van der Waals surface area contributed by atoms with Crippen LogP contribution in [-0.4, -0.2) is 31.5 Å². The number of fused-ring (bicyclic) bond motifs is 1. The van der Waals surface area contributed by atoms with E-state index in [0.717, 1.165) is 29.6 Å². The van der Waals surface area contributed by atoms with Crippen molar-refractivity contribution in [3.8, 4) is 0 Å². The molecule has 1 saturated carbocycles. The second kappa shape index (κ2) is 8.37. The number of carboxylic acids is 1. The minimum Gasteiger partial charge on any atom is -0.481 e. The Morgan fingerprint density at radius 3 is 2.65 bits per heavy atom. The summed E-state index contributed by atoms with van der Waals surface area (Å²) in [6.45, 7) is 3.50. The van der Waals surface area contributed by atoms with Crippen LogP contribution in [0, 0.1) is 5.41 Å². The molecule has 1 fully saturated rings. The highest BCUT2D eigenvalue weighted by molar-refractivity contribution is 5.89. The zero-order valence-corrected chi connectivity index (χ0v) is 17.8. The predicted molar refractivity (Wildman–Crippen MR) is 119 cm³/mol. The summed E-state index contributed by atoms with van der Waals surface area (Å²) in [6, 6.07) is 9.07. The summed E-state index contributed by atoms with van der Waals surface area (Å²) in [6.07, 6.45) is 7.63. The number of aromatic nitrogens is 3. The molecule has 0 saturated heterocycles. The summed E-state index contributed by atoms with van der Waals surface area (Å²) in [4.78, 5) is 32.7. The molecule has 31 heavy (non-hydrogen) atoms. The van der Waals surface area contributed by atoms with Gasteiger partial charge >= 0.3 is 5.97 Å². The Kier molecular flexibility index (Phi) is 5.63. The number of hydrogen-bond donors (Lipinski definition) is 3. The van der Waals surface area contributed by atoms with Crippen LogP contribution in [0.3, 0.4) is 0 Å². The van der Waals surface area contributed by atoms with Crippen molar-refractivity contribution in [2.24, 2.45) is 5.41 Å². The van der Waals surface area contributed by atoms with E-state index in [4.69, 9.17) is 4.98 Å². The first-order valence-electron chi connectivity index (χ1n) is 10.6. The Morgan fingerprint density at radius 1 is 1.23 bits per heavy atom. The van der Waals surface area contributed by atoms with Crippen LogP contribution in [0.1, 0.15) is 52.0 Å². The molecule has 0 radical (unpaired) electrons. The SMILES string of the molecule is CCC(n1ccc2cnc(Nc3cccc(NC(C)=O)c3)nc21)C1(C(=O)O)CCCC1. The third-order valence-corrected chi connectivity index (χ3v) is 6.18. The van der Waals surface area contributed by atoms with Gasteiger partial charge in [-0.1, -0.05) is 25.8 Å². The monoisotopic (exact) mass is 421 g/mol. The van der Waals surface area contributed by atoms with Gasteiger partial charge in [0.25, 0.3) is 0 Å². The van der Waals surface area contributed by atoms with E-state index in [1.807, 2.05) is 35.9 Å². The van der Waals surface area contributed by atoms with Gasteiger partial charge in [0.05, 0.1) is 11.5 Å². The number of aliphatic carboxylic acids is 1. The summed E-state index contributed by atoms with van der Waals surface area (Å²) in [5, 5.41) is 16.9. The number of carbonyl (C=O) groups is 2. The van der Waals surface area contributed by atoms with Crippen molar-refractivity contribution in [2.45, 2.75) is 52.0 Å². The number of rotatable bonds is 7. The molecular formula is C23H27N5O3. The predicted octanol–water partition coefficient (Wildman–Crippen LogP) is 4.73. The van der Waals surface area contributed by atoms with Crippen LogP contribution in [0.15, 0.2) is 42.7 Å². The fourth-order valence-corrected chi connectivity index (χ4v) is 4.81. The Morgan fingerprint density at radius 2 is 1.97 bits per heavy atom. The van der Waals surface area contributed by atoms with Crippen LogP contribution in [0.4, 0.5) is 17.3 Å². The molecule has 2 aromatic heterocycles. The number of nitrogens with one attached hydrogen (secondary N) is 2. The van der Waals surface area contributed by atoms with Gasteiger partial charge in [-0.2, -0.15) is 4.98 Å². The maximum atomic E-state index is 12.3. The van der Waals surface area contributed by atoms with E-state index in [0.29, 0.717) is 30.9 Å². The summed E-state index contributed by atoms with van der Waals surface area (Å²) < 4.78 is 2.01. The summed E-state index contributed by atoms with van der Waals surface area (Å²) >= 11 is 0. The van der Waals surface area contributed by atoms with Crippen molar-refractivity contribution in [1.29, 1.82) is 0 Å². The van der Waals surface area contributed by atoms with Gasteiger partial charge in [-0.25, -0.2) is 4.98 Å². The zero-order valence-electron chi connectivity index (χ0n) is 17.8. The maximum absolute atomic E-state index is 12.3. The van der Waals surface area contributed by atoms with Crippen molar-refractivity contribution < 1.29 is 14.7 Å². The summed E-state index contributed by atoms with van der Waals surface area (Å²) in [5.41, 5.74) is 1.38. The Balaban J connectivity index is 1.68. The van der Waals surface area contributed by atoms with E-state index in [1.165, 1.54) is 6.92 Å². The first kappa shape index (κ1) is 20.8. The number of hydrogen-bond acceptors (Lipinski definition) is 5. The summed E-state index contributed by atoms with van der Waals surface area (Å²) in [7, 11) is 0. The van der Waals surface area contributed by atoms with Gasteiger partial charge in [0.2, 0.25) is 11.9 Å². The zero-order chi connectivity index (χ0) is 22.0. The molecule has 0 aliphatic heterocycles. The van der Waals surface area contributed by atoms with Gasteiger partial charge in [-0.15, -0.1) is 0 Å². The molecule has 162 valence electrons. The second-order valence-corrected chi connectivity index (χ2v) is 8.18. The highest BCUT2D eigenvalue weighted by atomic mass is 16.4. The lowest BCUT2D eigenvalue weighted by molar-refractivity contribution is -0.151. The Bertz CT molecular complexity index is 1120. The van der Waals surface area contributed by atoms with Gasteiger partial charge in [-0.05, 0) is 43.5 Å². The van der Waals surface area contributed by atoms with Crippen molar-refractivity contribution in [3.05, 3.63) is 42.7 Å². The van der Waals surface area contributed by atoms with Crippen LogP contribution < -0.4 is 10.6 Å². The van der Waals surface area contributed by atoms with E-state index in [1.54, 1.807) is 18.3 Å². The van der Waals surface area contributed by atoms with Crippen molar-refractivity contribution in [1.82, 2.24) is 14.5 Å². The third-order valence-electron chi connectivity index (χ3n) is 6.18. The largest absolute Gasteiger partial charge is 0.481 e. The van der Waals surface area contributed by atoms with Crippen molar-refractivity contribution >= 4 is 40.2 Å². The Hall–Kier alpha value is -3.42. The molecule has 1 atom stereocenters. The van der Waals surface area contributed by atoms with Crippen LogP contribution in [-0.2, 0) is 9.59 Å². The smallest absolute Gasteiger partial charge is 0.311 e. The molecule has 3 N–H and O–H groups in total. The number of benzene rings is 1. The minimum absolute atomic E-state index is 0.141. The Labute approximate surface area is 180 Å². The average molecular weight is 422 g/mol. The van der Waals surface area contributed by atoms with E-state index < -0.39 is 11.4 Å². The van der Waals surface area contributed by atoms with Crippen molar-refractivity contribution in [3.63, 3.8) is 0 Å². The molecular weight excluding hydrogens is 394 g/mol. The van der Waals surface area contributed by atoms with Crippen LogP contribution in [0.2, 0.25) is 0 Å². The maximum Gasteiger partial charge on any atom is 0.311 e. The average Bonchev–Trinajstić information content (AvgIpc) is 3.37. The van der Waals surface area contributed by atoms with Crippen molar-refractivity contribution in [2.75, 3.05) is 10.6 Å². The molecule has 1 aromatic carbocycles. The molecule has 0 bridgehead atoms. The van der Waals surface area contributed by atoms with Gasteiger partial charge < -0.3 is 20.3 Å². The molecule has 4 rings (SSSR count). The van der Waals surface area contributed by atoms with E-state index in [9.17, 15) is 14.7 Å². The topological polar surface area (TPSA) is 109 Å². The number of carbonyl (C=O) groups excluding carboxylic acids is 1. The lowest BCUT2D eigenvalue weighted by Gasteiger charge is -2.34. The normalized spacial score (nSPS) is 16.2. The summed E-state index contributed by atoms with van der Waals surface area (Å²) in [5.74, 6) is -0.448. The molecule has 1 aliphatic rings. The molecule has 8 heteroatoms. The van der Waals surface area contributed by atoms with Gasteiger partial charge in [0.1, 0.15) is 5.65 Å². The molecule has 1 aliphatic carbocycles. The number of anilines is 3. The molecule has 1 unspecified atom stereocenters. The number of nitrogens with zero attached hydrogens (tertiary/aromatic N) is 3. The van der Waals surface area contributed by atoms with Gasteiger partial charge in [0, 0.05) is 36.1 Å². The first-order valence-corrected chi connectivity index (χ1v) is 10.6. The van der Waals surface area contributed by atoms with E-state index in [-0.39, 0.29) is 11.9 Å². The van der Waals surface area contributed by atoms with Gasteiger partial charge in [0.15, 0.2) is 0 Å². The molecule has 1 amide bonds. The minimum atomic E-state index is -0.758. The van der Waals surface area contributed by atoms with Gasteiger partial charge in [-0.3, -0.25) is 9.59 Å². The van der Waals surface area contributed by atoms with Crippen LogP contribution in [0.25, 0.3) is 11.0 Å². The standard InChI is InChI=1S/C23H27N5O3/c1-3-19(23(21(30)31)10-4-5-11-23)28-12-9-16-14-24-22(27-20(16)28)26-18-8-6-7-17(13-18)25-15(2)29/h6-9,12-14,19H,3-5,10-11H2,1-2H3,(H,25,29)(H,30,31)(H,24,26,27). The third kappa shape index (κ3) is 3.97. The van der Waals surface area contributed by atoms with E-state index >= 15 is 0 Å². The van der Waals surface area contributed by atoms with Crippen LogP contribution in [0.5, 0.6) is 0 Å². The molecule has 2 heterocycles. The highest BCUT2D eigenvalue weighted by Crippen LogP contribution is 2.49. The fraction of sp³-hybridized carbons (Fsp3) is 0.391. The lowest BCUT2D eigenvalue weighted by atomic mass is 9.77. The molecule has 3 aromatic rings. The second-order valence-electron chi connectivity index (χ2n) is 8.18. The van der Waals surface area contributed by atoms with E-state index in [2.05, 4.69) is 15.6 Å². The van der Waals surface area contributed by atoms with Crippen LogP contribution >= 0.6 is 0 Å². The quantitative estimate of drug-likeness (QED) is 0.509. The number of amides is 1. The number of carboxylic acid groups (broad SMARTS) is 1. The first-order chi connectivity index (χ1) is 14.9.